The zero-order valence-corrected chi connectivity index (χ0v) is 20.2. The van der Waals surface area contributed by atoms with Gasteiger partial charge in [0.05, 0.1) is 23.2 Å². The SMILES string of the molecule is Clc1ccc2nc(N3N=C(c4ccc(Br)cc4)C[C@@H]3c3ccco3)nc(-c3ccccc3)c2c1. The Bertz CT molecular complexity index is 1500. The molecule has 0 saturated carbocycles. The van der Waals surface area contributed by atoms with Gasteiger partial charge in [-0.25, -0.2) is 15.0 Å². The molecule has 0 radical (unpaired) electrons. The molecule has 6 rings (SSSR count). The first kappa shape index (κ1) is 21.1. The third kappa shape index (κ3) is 3.89. The number of aromatic nitrogens is 2. The van der Waals surface area contributed by atoms with Gasteiger partial charge in [-0.15, -0.1) is 0 Å². The van der Waals surface area contributed by atoms with Crippen molar-refractivity contribution in [3.63, 3.8) is 0 Å². The number of fused-ring (bicyclic) bond motifs is 1. The summed E-state index contributed by atoms with van der Waals surface area (Å²) in [4.78, 5) is 9.88. The predicted octanol–water partition coefficient (Wildman–Crippen LogP) is 7.66. The lowest BCUT2D eigenvalue weighted by atomic mass is 10.0. The van der Waals surface area contributed by atoms with E-state index in [1.807, 2.05) is 77.8 Å². The fourth-order valence-electron chi connectivity index (χ4n) is 4.22. The van der Waals surface area contributed by atoms with Gasteiger partial charge in [0.15, 0.2) is 0 Å². The molecule has 1 atom stereocenters. The smallest absolute Gasteiger partial charge is 0.248 e. The summed E-state index contributed by atoms with van der Waals surface area (Å²) in [6, 6.07) is 27.6. The van der Waals surface area contributed by atoms with Crippen molar-refractivity contribution in [3.05, 3.63) is 112 Å². The minimum absolute atomic E-state index is 0.151. The third-order valence-electron chi connectivity index (χ3n) is 5.86. The van der Waals surface area contributed by atoms with Crippen molar-refractivity contribution in [2.75, 3.05) is 5.01 Å². The van der Waals surface area contributed by atoms with Crippen molar-refractivity contribution >= 4 is 50.1 Å². The average molecular weight is 530 g/mol. The Balaban J connectivity index is 1.53. The maximum atomic E-state index is 6.33. The van der Waals surface area contributed by atoms with E-state index in [-0.39, 0.29) is 6.04 Å². The molecule has 34 heavy (non-hydrogen) atoms. The van der Waals surface area contributed by atoms with E-state index in [2.05, 4.69) is 28.1 Å². The van der Waals surface area contributed by atoms with Gasteiger partial charge in [-0.1, -0.05) is 70.0 Å². The molecule has 0 amide bonds. The van der Waals surface area contributed by atoms with Crippen LogP contribution in [-0.2, 0) is 0 Å². The summed E-state index contributed by atoms with van der Waals surface area (Å²) in [5.41, 5.74) is 4.62. The van der Waals surface area contributed by atoms with E-state index in [0.29, 0.717) is 17.4 Å². The van der Waals surface area contributed by atoms with Gasteiger partial charge in [0.25, 0.3) is 0 Å². The number of anilines is 1. The Morgan fingerprint density at radius 3 is 2.47 bits per heavy atom. The lowest BCUT2D eigenvalue weighted by Gasteiger charge is -2.21. The van der Waals surface area contributed by atoms with Gasteiger partial charge in [-0.2, -0.15) is 5.10 Å². The van der Waals surface area contributed by atoms with E-state index in [4.69, 9.17) is 31.1 Å². The summed E-state index contributed by atoms with van der Waals surface area (Å²) < 4.78 is 6.82. The number of hydrogen-bond donors (Lipinski definition) is 0. The summed E-state index contributed by atoms with van der Waals surface area (Å²) in [7, 11) is 0. The molecule has 5 aromatic rings. The van der Waals surface area contributed by atoms with Crippen molar-refractivity contribution in [1.29, 1.82) is 0 Å². The fraction of sp³-hybridized carbons (Fsp3) is 0.0741. The Hall–Kier alpha value is -3.48. The highest BCUT2D eigenvalue weighted by Crippen LogP contribution is 2.38. The first-order valence-electron chi connectivity index (χ1n) is 10.8. The predicted molar refractivity (Wildman–Crippen MR) is 139 cm³/mol. The quantitative estimate of drug-likeness (QED) is 0.240. The molecule has 5 nitrogen and oxygen atoms in total. The second kappa shape index (κ2) is 8.70. The Morgan fingerprint density at radius 1 is 0.882 bits per heavy atom. The van der Waals surface area contributed by atoms with Crippen LogP contribution in [0.3, 0.4) is 0 Å². The highest BCUT2D eigenvalue weighted by atomic mass is 79.9. The maximum absolute atomic E-state index is 6.33. The van der Waals surface area contributed by atoms with E-state index in [1.54, 1.807) is 6.26 Å². The normalized spacial score (nSPS) is 15.6. The van der Waals surface area contributed by atoms with Gasteiger partial charge in [0, 0.05) is 26.9 Å². The summed E-state index contributed by atoms with van der Waals surface area (Å²) in [5.74, 6) is 1.33. The van der Waals surface area contributed by atoms with Crippen LogP contribution in [0.25, 0.3) is 22.2 Å². The standard InChI is InChI=1S/C27H18BrClN4O/c28-19-10-8-17(9-11-19)23-16-24(25-7-4-14-34-25)33(32-23)27-30-22-13-12-20(29)15-21(22)26(31-27)18-5-2-1-3-6-18/h1-15,24H,16H2/t24-/m1/s1. The summed E-state index contributed by atoms with van der Waals surface area (Å²) >= 11 is 9.84. The zero-order valence-electron chi connectivity index (χ0n) is 17.9. The molecule has 166 valence electrons. The van der Waals surface area contributed by atoms with Crippen LogP contribution < -0.4 is 5.01 Å². The average Bonchev–Trinajstić information content (AvgIpc) is 3.55. The fourth-order valence-corrected chi connectivity index (χ4v) is 4.66. The number of benzene rings is 3. The van der Waals surface area contributed by atoms with E-state index in [1.165, 1.54) is 0 Å². The second-order valence-electron chi connectivity index (χ2n) is 8.03. The minimum Gasteiger partial charge on any atom is -0.467 e. The molecule has 0 unspecified atom stereocenters. The number of halogens is 2. The van der Waals surface area contributed by atoms with E-state index >= 15 is 0 Å². The van der Waals surface area contributed by atoms with Crippen molar-refractivity contribution < 1.29 is 4.42 Å². The number of nitrogens with zero attached hydrogens (tertiary/aromatic N) is 4. The molecular formula is C27H18BrClN4O. The highest BCUT2D eigenvalue weighted by Gasteiger charge is 2.34. The molecule has 0 bridgehead atoms. The molecule has 7 heteroatoms. The van der Waals surface area contributed by atoms with Crippen LogP contribution >= 0.6 is 27.5 Å². The van der Waals surface area contributed by atoms with Crippen LogP contribution in [-0.4, -0.2) is 15.7 Å². The van der Waals surface area contributed by atoms with E-state index < -0.39 is 0 Å². The van der Waals surface area contributed by atoms with Gasteiger partial charge >= 0.3 is 0 Å². The van der Waals surface area contributed by atoms with Gasteiger partial charge in [-0.3, -0.25) is 0 Å². The lowest BCUT2D eigenvalue weighted by Crippen LogP contribution is -2.20. The molecule has 3 heterocycles. The van der Waals surface area contributed by atoms with Crippen LogP contribution in [0.15, 0.2) is 105 Å². The highest BCUT2D eigenvalue weighted by molar-refractivity contribution is 9.10. The van der Waals surface area contributed by atoms with Crippen molar-refractivity contribution in [3.8, 4) is 11.3 Å². The Kier molecular flexibility index (Phi) is 5.40. The molecule has 1 aliphatic heterocycles. The van der Waals surface area contributed by atoms with E-state index in [9.17, 15) is 0 Å². The third-order valence-corrected chi connectivity index (χ3v) is 6.62. The molecule has 2 aromatic heterocycles. The van der Waals surface area contributed by atoms with Crippen molar-refractivity contribution in [1.82, 2.24) is 9.97 Å². The van der Waals surface area contributed by atoms with Crippen LogP contribution in [0.5, 0.6) is 0 Å². The maximum Gasteiger partial charge on any atom is 0.248 e. The zero-order chi connectivity index (χ0) is 23.1. The number of hydrogen-bond acceptors (Lipinski definition) is 5. The van der Waals surface area contributed by atoms with Crippen LogP contribution in [0, 0.1) is 0 Å². The summed E-state index contributed by atoms with van der Waals surface area (Å²) in [6.45, 7) is 0. The first-order chi connectivity index (χ1) is 16.7. The monoisotopic (exact) mass is 528 g/mol. The summed E-state index contributed by atoms with van der Waals surface area (Å²) in [6.07, 6.45) is 2.36. The summed E-state index contributed by atoms with van der Waals surface area (Å²) in [5, 5.41) is 8.39. The van der Waals surface area contributed by atoms with Gasteiger partial charge in [0.2, 0.25) is 5.95 Å². The number of rotatable bonds is 4. The van der Waals surface area contributed by atoms with Gasteiger partial charge in [-0.05, 0) is 48.0 Å². The molecule has 0 aliphatic carbocycles. The molecule has 3 aromatic carbocycles. The molecule has 1 aliphatic rings. The van der Waals surface area contributed by atoms with Gasteiger partial charge in [0.1, 0.15) is 11.8 Å². The molecule has 0 saturated heterocycles. The van der Waals surface area contributed by atoms with Gasteiger partial charge < -0.3 is 4.42 Å². The van der Waals surface area contributed by atoms with Crippen molar-refractivity contribution in [2.24, 2.45) is 5.10 Å². The topological polar surface area (TPSA) is 54.5 Å². The molecular weight excluding hydrogens is 512 g/mol. The van der Waals surface area contributed by atoms with Crippen LogP contribution in [0.1, 0.15) is 23.8 Å². The van der Waals surface area contributed by atoms with E-state index in [0.717, 1.165) is 43.7 Å². The lowest BCUT2D eigenvalue weighted by molar-refractivity contribution is 0.463. The van der Waals surface area contributed by atoms with Crippen LogP contribution in [0.4, 0.5) is 5.95 Å². The Labute approximate surface area is 209 Å². The molecule has 0 N–H and O–H groups in total. The molecule has 0 fully saturated rings. The van der Waals surface area contributed by atoms with Crippen molar-refractivity contribution in [2.45, 2.75) is 12.5 Å². The second-order valence-corrected chi connectivity index (χ2v) is 9.39. The van der Waals surface area contributed by atoms with Crippen LogP contribution in [0.2, 0.25) is 5.02 Å². The minimum atomic E-state index is -0.151. The number of hydrazone groups is 1. The number of furan rings is 1. The largest absolute Gasteiger partial charge is 0.467 e. The first-order valence-corrected chi connectivity index (χ1v) is 12.0. The Morgan fingerprint density at radius 2 is 1.71 bits per heavy atom. The molecule has 0 spiro atoms.